The van der Waals surface area contributed by atoms with Crippen LogP contribution in [0.25, 0.3) is 5.69 Å². The van der Waals surface area contributed by atoms with Crippen LogP contribution in [-0.4, -0.2) is 33.3 Å². The summed E-state index contributed by atoms with van der Waals surface area (Å²) >= 11 is 0. The maximum absolute atomic E-state index is 13.2. The molecule has 2 N–H and O–H groups in total. The van der Waals surface area contributed by atoms with Crippen LogP contribution in [0.1, 0.15) is 31.2 Å². The minimum atomic E-state index is -4.55. The molecule has 1 aromatic heterocycles. The number of hydrogen-bond acceptors (Lipinski definition) is 5. The molecule has 10 heteroatoms. The van der Waals surface area contributed by atoms with Gasteiger partial charge in [-0.25, -0.2) is 9.67 Å². The third-order valence-corrected chi connectivity index (χ3v) is 5.19. The largest absolute Gasteiger partial charge is 0.488 e. The highest BCUT2D eigenvalue weighted by molar-refractivity contribution is 5.95. The number of ether oxygens (including phenoxy) is 1. The van der Waals surface area contributed by atoms with E-state index in [0.717, 1.165) is 37.8 Å². The molecule has 0 bridgehead atoms. The van der Waals surface area contributed by atoms with Gasteiger partial charge in [0.2, 0.25) is 5.91 Å². The molecule has 7 nitrogen and oxygen atoms in total. The first kappa shape index (κ1) is 21.7. The molecule has 0 saturated heterocycles. The van der Waals surface area contributed by atoms with Crippen LogP contribution < -0.4 is 15.4 Å². The number of benzene rings is 2. The van der Waals surface area contributed by atoms with E-state index in [1.165, 1.54) is 23.4 Å². The number of rotatable bonds is 7. The average Bonchev–Trinajstić information content (AvgIpc) is 3.47. The zero-order chi connectivity index (χ0) is 22.6. The lowest BCUT2D eigenvalue weighted by atomic mass is 10.1. The molecule has 0 atom stereocenters. The summed E-state index contributed by atoms with van der Waals surface area (Å²) in [6.07, 6.45) is 2.46. The van der Waals surface area contributed by atoms with E-state index in [1.54, 1.807) is 6.07 Å². The summed E-state index contributed by atoms with van der Waals surface area (Å²) in [4.78, 5) is 16.4. The third-order valence-electron chi connectivity index (χ3n) is 5.19. The average molecular weight is 445 g/mol. The van der Waals surface area contributed by atoms with Gasteiger partial charge in [-0.05, 0) is 56.0 Å². The van der Waals surface area contributed by atoms with Crippen LogP contribution in [0.5, 0.6) is 5.75 Å². The number of aromatic nitrogens is 3. The Labute approximate surface area is 182 Å². The molecule has 2 aromatic carbocycles. The van der Waals surface area contributed by atoms with E-state index in [0.29, 0.717) is 11.4 Å². The summed E-state index contributed by atoms with van der Waals surface area (Å²) in [7, 11) is 0. The molecule has 1 heterocycles. The first-order valence-electron chi connectivity index (χ1n) is 10.3. The number of carbonyl (C=O) groups is 1. The van der Waals surface area contributed by atoms with E-state index in [1.807, 2.05) is 18.2 Å². The van der Waals surface area contributed by atoms with E-state index in [2.05, 4.69) is 20.7 Å². The van der Waals surface area contributed by atoms with Gasteiger partial charge >= 0.3 is 6.18 Å². The van der Waals surface area contributed by atoms with Gasteiger partial charge in [0.15, 0.2) is 0 Å². The molecule has 0 aliphatic heterocycles. The smallest absolute Gasteiger partial charge is 0.416 e. The lowest BCUT2D eigenvalue weighted by Crippen LogP contribution is -2.23. The number of hydrogen-bond donors (Lipinski definition) is 2. The third kappa shape index (κ3) is 5.19. The van der Waals surface area contributed by atoms with Gasteiger partial charge in [0, 0.05) is 0 Å². The highest BCUT2D eigenvalue weighted by atomic mass is 19.4. The van der Waals surface area contributed by atoms with Crippen molar-refractivity contribution < 1.29 is 22.7 Å². The van der Waals surface area contributed by atoms with Gasteiger partial charge in [-0.15, -0.1) is 0 Å². The number of halogens is 3. The summed E-state index contributed by atoms with van der Waals surface area (Å²) < 4.78 is 46.9. The Morgan fingerprint density at radius 2 is 1.91 bits per heavy atom. The summed E-state index contributed by atoms with van der Waals surface area (Å²) in [5.41, 5.74) is 0.0245. The van der Waals surface area contributed by atoms with Crippen LogP contribution in [0, 0.1) is 0 Å². The molecule has 32 heavy (non-hydrogen) atoms. The molecule has 1 saturated carbocycles. The Morgan fingerprint density at radius 3 is 2.62 bits per heavy atom. The molecule has 0 unspecified atom stereocenters. The van der Waals surface area contributed by atoms with E-state index in [9.17, 15) is 18.0 Å². The van der Waals surface area contributed by atoms with Crippen LogP contribution >= 0.6 is 0 Å². The molecule has 0 spiro atoms. The number of carbonyl (C=O) groups excluding carboxylic acids is 1. The monoisotopic (exact) mass is 445 g/mol. The van der Waals surface area contributed by atoms with Crippen molar-refractivity contribution in [2.45, 2.75) is 38.0 Å². The molecule has 1 aliphatic rings. The second kappa shape index (κ2) is 9.29. The van der Waals surface area contributed by atoms with Gasteiger partial charge in [-0.2, -0.15) is 18.3 Å². The zero-order valence-electron chi connectivity index (χ0n) is 17.1. The highest BCUT2D eigenvalue weighted by Gasteiger charge is 2.31. The number of nitrogens with zero attached hydrogens (tertiary/aromatic N) is 3. The van der Waals surface area contributed by atoms with Crippen molar-refractivity contribution in [2.24, 2.45) is 0 Å². The number of para-hydroxylation sites is 2. The van der Waals surface area contributed by atoms with Gasteiger partial charge in [0.05, 0.1) is 35.3 Å². The van der Waals surface area contributed by atoms with Crippen molar-refractivity contribution in [3.05, 3.63) is 60.7 Å². The molecule has 168 valence electrons. The van der Waals surface area contributed by atoms with E-state index >= 15 is 0 Å². The van der Waals surface area contributed by atoms with Crippen molar-refractivity contribution in [1.29, 1.82) is 0 Å². The molecule has 1 amide bonds. The van der Waals surface area contributed by atoms with Crippen LogP contribution in [0.3, 0.4) is 0 Å². The summed E-state index contributed by atoms with van der Waals surface area (Å²) in [5.74, 6) is 0.135. The molecule has 4 rings (SSSR count). The number of nitrogens with one attached hydrogen (secondary N) is 2. The molecular formula is C22H22F3N5O2. The molecule has 3 aromatic rings. The highest BCUT2D eigenvalue weighted by Crippen LogP contribution is 2.33. The van der Waals surface area contributed by atoms with Gasteiger partial charge < -0.3 is 15.4 Å². The maximum Gasteiger partial charge on any atom is 0.416 e. The number of amides is 1. The van der Waals surface area contributed by atoms with Gasteiger partial charge in [0.25, 0.3) is 0 Å². The zero-order valence-corrected chi connectivity index (χ0v) is 17.1. The number of anilines is 2. The van der Waals surface area contributed by atoms with Crippen molar-refractivity contribution >= 4 is 17.3 Å². The summed E-state index contributed by atoms with van der Waals surface area (Å²) in [5, 5.41) is 9.50. The Hall–Kier alpha value is -3.56. The second-order valence-corrected chi connectivity index (χ2v) is 7.49. The van der Waals surface area contributed by atoms with Crippen LogP contribution in [0.2, 0.25) is 0 Å². The quantitative estimate of drug-likeness (QED) is 0.553. The first-order valence-corrected chi connectivity index (χ1v) is 10.3. The van der Waals surface area contributed by atoms with Crippen molar-refractivity contribution in [2.75, 3.05) is 17.2 Å². The van der Waals surface area contributed by atoms with Crippen molar-refractivity contribution in [3.8, 4) is 11.4 Å². The van der Waals surface area contributed by atoms with Gasteiger partial charge in [-0.1, -0.05) is 12.1 Å². The standard InChI is InChI=1S/C22H22F3N5O2/c23-22(24,25)15-9-10-19(30-14-26-13-28-30)18(11-15)29-21(31)12-27-17-7-3-4-8-20(17)32-16-5-1-2-6-16/h3-4,7-11,13-14,16,27H,1-2,5-6,12H2,(H,29,31). The van der Waals surface area contributed by atoms with E-state index < -0.39 is 17.6 Å². The molecule has 1 aliphatic carbocycles. The summed E-state index contributed by atoms with van der Waals surface area (Å²) in [6, 6.07) is 10.3. The lowest BCUT2D eigenvalue weighted by Gasteiger charge is -2.18. The predicted molar refractivity (Wildman–Crippen MR) is 113 cm³/mol. The van der Waals surface area contributed by atoms with Gasteiger partial charge in [0.1, 0.15) is 18.4 Å². The Morgan fingerprint density at radius 1 is 1.12 bits per heavy atom. The Balaban J connectivity index is 1.47. The Bertz CT molecular complexity index is 1060. The van der Waals surface area contributed by atoms with Crippen LogP contribution in [-0.2, 0) is 11.0 Å². The van der Waals surface area contributed by atoms with Crippen molar-refractivity contribution in [1.82, 2.24) is 14.8 Å². The summed E-state index contributed by atoms with van der Waals surface area (Å²) in [6.45, 7) is -0.155. The number of alkyl halides is 3. The lowest BCUT2D eigenvalue weighted by molar-refractivity contribution is -0.137. The normalized spacial score (nSPS) is 14.3. The van der Waals surface area contributed by atoms with E-state index in [-0.39, 0.29) is 24.0 Å². The Kier molecular flexibility index (Phi) is 6.29. The molecule has 1 fully saturated rings. The first-order chi connectivity index (χ1) is 15.4. The maximum atomic E-state index is 13.2. The fourth-order valence-corrected chi connectivity index (χ4v) is 3.62. The topological polar surface area (TPSA) is 81.1 Å². The second-order valence-electron chi connectivity index (χ2n) is 7.49. The minimum absolute atomic E-state index is 0.0207. The van der Waals surface area contributed by atoms with E-state index in [4.69, 9.17) is 4.74 Å². The predicted octanol–water partition coefficient (Wildman–Crippen LogP) is 4.66. The fraction of sp³-hybridized carbons (Fsp3) is 0.318. The minimum Gasteiger partial charge on any atom is -0.488 e. The van der Waals surface area contributed by atoms with Gasteiger partial charge in [-0.3, -0.25) is 4.79 Å². The molecule has 0 radical (unpaired) electrons. The van der Waals surface area contributed by atoms with Crippen LogP contribution in [0.4, 0.5) is 24.5 Å². The van der Waals surface area contributed by atoms with Crippen LogP contribution in [0.15, 0.2) is 55.1 Å². The SMILES string of the molecule is O=C(CNc1ccccc1OC1CCCC1)Nc1cc(C(F)(F)F)ccc1-n1cncn1. The van der Waals surface area contributed by atoms with Crippen molar-refractivity contribution in [3.63, 3.8) is 0 Å². The fourth-order valence-electron chi connectivity index (χ4n) is 3.62. The molecular weight excluding hydrogens is 423 g/mol.